The molecule has 0 bridgehead atoms. The van der Waals surface area contributed by atoms with Gasteiger partial charge in [0, 0.05) is 11.8 Å². The van der Waals surface area contributed by atoms with Gasteiger partial charge < -0.3 is 9.47 Å². The number of pyridine rings is 1. The third-order valence-corrected chi connectivity index (χ3v) is 4.93. The number of carbonyl (C=O) groups is 1. The highest BCUT2D eigenvalue weighted by atomic mass is 35.5. The van der Waals surface area contributed by atoms with E-state index in [9.17, 15) is 4.79 Å². The predicted molar refractivity (Wildman–Crippen MR) is 127 cm³/mol. The molecule has 32 heavy (non-hydrogen) atoms. The predicted octanol–water partition coefficient (Wildman–Crippen LogP) is 5.12. The van der Waals surface area contributed by atoms with Gasteiger partial charge in [-0.3, -0.25) is 4.79 Å². The first-order chi connectivity index (χ1) is 15.5. The standard InChI is InChI=1S/C25H24ClN3O3/c1-4-6-20-13-19(15-28-29-25(30)21-7-5-12-27-24(21)26)14-22(31-3)23(20)32-16-18-10-8-17(2)9-11-18/h4-5,7-15H,1,6,16H2,2-3H3,(H,29,30). The van der Waals surface area contributed by atoms with E-state index >= 15 is 0 Å². The van der Waals surface area contributed by atoms with Gasteiger partial charge in [-0.15, -0.1) is 6.58 Å². The van der Waals surface area contributed by atoms with Gasteiger partial charge in [0.1, 0.15) is 11.8 Å². The fraction of sp³-hybridized carbons (Fsp3) is 0.160. The second-order valence-corrected chi connectivity index (χ2v) is 7.38. The lowest BCUT2D eigenvalue weighted by atomic mass is 10.1. The van der Waals surface area contributed by atoms with Crippen LogP contribution in [0.2, 0.25) is 5.15 Å². The third-order valence-electron chi connectivity index (χ3n) is 4.63. The summed E-state index contributed by atoms with van der Waals surface area (Å²) in [5.74, 6) is 0.770. The fourth-order valence-corrected chi connectivity index (χ4v) is 3.21. The zero-order valence-electron chi connectivity index (χ0n) is 18.0. The van der Waals surface area contributed by atoms with Crippen molar-refractivity contribution in [2.24, 2.45) is 5.10 Å². The van der Waals surface area contributed by atoms with Crippen LogP contribution in [0.3, 0.4) is 0 Å². The molecule has 2 aromatic carbocycles. The second kappa shape index (κ2) is 11.1. The SMILES string of the molecule is C=CCc1cc(C=NNC(=O)c2cccnc2Cl)cc(OC)c1OCc1ccc(C)cc1. The van der Waals surface area contributed by atoms with Gasteiger partial charge in [0.05, 0.1) is 18.9 Å². The number of halogens is 1. The summed E-state index contributed by atoms with van der Waals surface area (Å²) in [5.41, 5.74) is 6.59. The van der Waals surface area contributed by atoms with Crippen LogP contribution < -0.4 is 14.9 Å². The number of aromatic nitrogens is 1. The number of carbonyl (C=O) groups excluding carboxylic acids is 1. The van der Waals surface area contributed by atoms with Gasteiger partial charge in [0.25, 0.3) is 5.91 Å². The molecule has 164 valence electrons. The summed E-state index contributed by atoms with van der Waals surface area (Å²) in [4.78, 5) is 16.1. The normalized spacial score (nSPS) is 10.7. The highest BCUT2D eigenvalue weighted by Crippen LogP contribution is 2.34. The Labute approximate surface area is 192 Å². The summed E-state index contributed by atoms with van der Waals surface area (Å²) in [6.45, 7) is 6.29. The summed E-state index contributed by atoms with van der Waals surface area (Å²) < 4.78 is 11.7. The maximum atomic E-state index is 12.2. The van der Waals surface area contributed by atoms with Gasteiger partial charge in [-0.1, -0.05) is 47.5 Å². The van der Waals surface area contributed by atoms with Crippen molar-refractivity contribution >= 4 is 23.7 Å². The van der Waals surface area contributed by atoms with E-state index in [-0.39, 0.29) is 10.7 Å². The smallest absolute Gasteiger partial charge is 0.274 e. The molecule has 1 aromatic heterocycles. The number of allylic oxidation sites excluding steroid dienone is 1. The highest BCUT2D eigenvalue weighted by Gasteiger charge is 2.13. The van der Waals surface area contributed by atoms with E-state index in [0.717, 1.165) is 16.7 Å². The number of hydrazone groups is 1. The Morgan fingerprint density at radius 1 is 1.25 bits per heavy atom. The molecule has 3 aromatic rings. The molecular formula is C25H24ClN3O3. The number of hydrogen-bond donors (Lipinski definition) is 1. The largest absolute Gasteiger partial charge is 0.493 e. The minimum atomic E-state index is -0.448. The van der Waals surface area contributed by atoms with Crippen molar-refractivity contribution in [1.29, 1.82) is 0 Å². The second-order valence-electron chi connectivity index (χ2n) is 7.02. The van der Waals surface area contributed by atoms with Crippen molar-refractivity contribution in [2.75, 3.05) is 7.11 Å². The van der Waals surface area contributed by atoms with Crippen molar-refractivity contribution in [3.8, 4) is 11.5 Å². The monoisotopic (exact) mass is 449 g/mol. The van der Waals surface area contributed by atoms with E-state index in [1.54, 1.807) is 31.4 Å². The van der Waals surface area contributed by atoms with Gasteiger partial charge in [-0.25, -0.2) is 10.4 Å². The molecule has 0 saturated heterocycles. The lowest BCUT2D eigenvalue weighted by Crippen LogP contribution is -2.18. The maximum Gasteiger partial charge on any atom is 0.274 e. The number of amides is 1. The lowest BCUT2D eigenvalue weighted by Gasteiger charge is -2.16. The van der Waals surface area contributed by atoms with Crippen molar-refractivity contribution in [2.45, 2.75) is 20.0 Å². The van der Waals surface area contributed by atoms with E-state index in [2.05, 4.69) is 22.1 Å². The summed E-state index contributed by atoms with van der Waals surface area (Å²) in [5, 5.41) is 4.15. The molecule has 0 saturated carbocycles. The molecule has 0 aliphatic carbocycles. The van der Waals surface area contributed by atoms with E-state index in [4.69, 9.17) is 21.1 Å². The van der Waals surface area contributed by atoms with Crippen LogP contribution in [0.1, 0.15) is 32.6 Å². The van der Waals surface area contributed by atoms with Crippen LogP contribution in [0.25, 0.3) is 0 Å². The van der Waals surface area contributed by atoms with Gasteiger partial charge in [-0.2, -0.15) is 5.10 Å². The highest BCUT2D eigenvalue weighted by molar-refractivity contribution is 6.32. The van der Waals surface area contributed by atoms with Crippen LogP contribution in [-0.4, -0.2) is 24.2 Å². The first-order valence-corrected chi connectivity index (χ1v) is 10.3. The molecule has 7 heteroatoms. The summed E-state index contributed by atoms with van der Waals surface area (Å²) >= 11 is 5.95. The Balaban J connectivity index is 1.78. The quantitative estimate of drug-likeness (QED) is 0.213. The molecule has 0 spiro atoms. The number of aryl methyl sites for hydroxylation is 1. The Morgan fingerprint density at radius 2 is 2.03 bits per heavy atom. The molecule has 0 aliphatic rings. The maximum absolute atomic E-state index is 12.2. The number of rotatable bonds is 9. The first-order valence-electron chi connectivity index (χ1n) is 9.96. The molecule has 0 radical (unpaired) electrons. The molecule has 0 aliphatic heterocycles. The Bertz CT molecular complexity index is 1130. The minimum Gasteiger partial charge on any atom is -0.493 e. The number of benzene rings is 2. The summed E-state index contributed by atoms with van der Waals surface area (Å²) in [6.07, 6.45) is 5.42. The van der Waals surface area contributed by atoms with E-state index in [1.165, 1.54) is 18.0 Å². The van der Waals surface area contributed by atoms with Crippen molar-refractivity contribution in [1.82, 2.24) is 10.4 Å². The van der Waals surface area contributed by atoms with E-state index in [0.29, 0.717) is 24.5 Å². The average Bonchev–Trinajstić information content (AvgIpc) is 2.79. The molecule has 0 unspecified atom stereocenters. The molecule has 1 N–H and O–H groups in total. The molecule has 6 nitrogen and oxygen atoms in total. The number of nitrogens with zero attached hydrogens (tertiary/aromatic N) is 2. The summed E-state index contributed by atoms with van der Waals surface area (Å²) in [7, 11) is 1.58. The van der Waals surface area contributed by atoms with Gasteiger partial charge >= 0.3 is 0 Å². The number of methoxy groups -OCH3 is 1. The van der Waals surface area contributed by atoms with E-state index < -0.39 is 5.91 Å². The first kappa shape index (κ1) is 23.0. The van der Waals surface area contributed by atoms with Crippen molar-refractivity contribution in [3.63, 3.8) is 0 Å². The lowest BCUT2D eigenvalue weighted by molar-refractivity contribution is 0.0955. The number of nitrogens with one attached hydrogen (secondary N) is 1. The topological polar surface area (TPSA) is 72.8 Å². The molecule has 3 rings (SSSR count). The molecule has 1 heterocycles. The molecule has 0 fully saturated rings. The Morgan fingerprint density at radius 3 is 2.72 bits per heavy atom. The molecular weight excluding hydrogens is 426 g/mol. The van der Waals surface area contributed by atoms with Crippen LogP contribution in [0.4, 0.5) is 0 Å². The third kappa shape index (κ3) is 5.95. The number of hydrogen-bond acceptors (Lipinski definition) is 5. The van der Waals surface area contributed by atoms with Gasteiger partial charge in [0.15, 0.2) is 11.5 Å². The fourth-order valence-electron chi connectivity index (χ4n) is 3.00. The van der Waals surface area contributed by atoms with Crippen LogP contribution in [0, 0.1) is 6.92 Å². The zero-order chi connectivity index (χ0) is 22.9. The van der Waals surface area contributed by atoms with Crippen LogP contribution in [0.15, 0.2) is 72.5 Å². The van der Waals surface area contributed by atoms with Crippen LogP contribution in [0.5, 0.6) is 11.5 Å². The van der Waals surface area contributed by atoms with E-state index in [1.807, 2.05) is 37.3 Å². The minimum absolute atomic E-state index is 0.116. The Hall–Kier alpha value is -3.64. The Kier molecular flexibility index (Phi) is 8.00. The van der Waals surface area contributed by atoms with Crippen molar-refractivity contribution in [3.05, 3.63) is 100 Å². The van der Waals surface area contributed by atoms with Crippen molar-refractivity contribution < 1.29 is 14.3 Å². The average molecular weight is 450 g/mol. The van der Waals surface area contributed by atoms with Crippen LogP contribution in [-0.2, 0) is 13.0 Å². The molecule has 0 atom stereocenters. The molecule has 1 amide bonds. The van der Waals surface area contributed by atoms with Gasteiger partial charge in [-0.05, 0) is 48.7 Å². The number of ether oxygens (including phenoxy) is 2. The zero-order valence-corrected chi connectivity index (χ0v) is 18.7. The van der Waals surface area contributed by atoms with Crippen LogP contribution >= 0.6 is 11.6 Å². The summed E-state index contributed by atoms with van der Waals surface area (Å²) in [6, 6.07) is 15.1. The van der Waals surface area contributed by atoms with Gasteiger partial charge in [0.2, 0.25) is 0 Å².